The van der Waals surface area contributed by atoms with Gasteiger partial charge >= 0.3 is 18.1 Å². The van der Waals surface area contributed by atoms with Crippen molar-refractivity contribution in [2.45, 2.75) is 73.1 Å². The Labute approximate surface area is 286 Å². The molecule has 10 heteroatoms. The van der Waals surface area contributed by atoms with Crippen LogP contribution in [0.3, 0.4) is 0 Å². The Kier molecular flexibility index (Phi) is 10.5. The van der Waals surface area contributed by atoms with E-state index in [1.807, 2.05) is 0 Å². The monoisotopic (exact) mass is 679 g/mol. The van der Waals surface area contributed by atoms with Crippen LogP contribution in [-0.4, -0.2) is 49.3 Å². The fraction of sp³-hybridized carbons (Fsp3) is 0.436. The fourth-order valence-electron chi connectivity index (χ4n) is 5.61. The Hall–Kier alpha value is -4.31. The molecule has 0 aromatic heterocycles. The summed E-state index contributed by atoms with van der Waals surface area (Å²) in [7, 11) is 0. The van der Waals surface area contributed by atoms with Crippen LogP contribution in [0.5, 0.6) is 23.0 Å². The maximum atomic E-state index is 15.2. The number of benzene rings is 3. The minimum Gasteiger partial charge on any atom is -0.492 e. The molecule has 1 fully saturated rings. The Morgan fingerprint density at radius 1 is 0.755 bits per heavy atom. The molecule has 2 heterocycles. The number of allylic oxidation sites excluding steroid dienone is 1. The first-order valence-electron chi connectivity index (χ1n) is 16.6. The molecule has 1 saturated heterocycles. The number of ether oxygens (including phenoxy) is 4. The third-order valence-electron chi connectivity index (χ3n) is 8.40. The van der Waals surface area contributed by atoms with Crippen LogP contribution in [0, 0.1) is 10.8 Å². The summed E-state index contributed by atoms with van der Waals surface area (Å²) in [6, 6.07) is 16.7. The molecule has 0 N–H and O–H groups in total. The van der Waals surface area contributed by atoms with Gasteiger partial charge in [0.25, 0.3) is 0 Å². The van der Waals surface area contributed by atoms with Gasteiger partial charge in [-0.05, 0) is 115 Å². The molecule has 1 unspecified atom stereocenters. The van der Waals surface area contributed by atoms with E-state index in [0.717, 1.165) is 19.6 Å². The van der Waals surface area contributed by atoms with E-state index in [4.69, 9.17) is 18.9 Å². The minimum absolute atomic E-state index is 0.0714. The van der Waals surface area contributed by atoms with E-state index in [1.165, 1.54) is 61.7 Å². The standard InChI is InChI=1S/C39H44F3NO6/c1-37(2,3)35(44)47-28-16-10-25(11-17-28)32-33(39(40,41)42)30-19-18-29(48-36(45)38(4,5)6)24-31(30)49-34(32)26-12-14-27(15-13-26)46-23-22-43-20-8-7-9-21-43/h10-19,24,34H,7-9,20-23H2,1-6H3. The summed E-state index contributed by atoms with van der Waals surface area (Å²) in [5.74, 6) is -0.190. The van der Waals surface area contributed by atoms with Crippen molar-refractivity contribution in [3.63, 3.8) is 0 Å². The summed E-state index contributed by atoms with van der Waals surface area (Å²) in [6.45, 7) is 13.6. The molecule has 2 aliphatic heterocycles. The summed E-state index contributed by atoms with van der Waals surface area (Å²) < 4.78 is 68.8. The predicted molar refractivity (Wildman–Crippen MR) is 182 cm³/mol. The van der Waals surface area contributed by atoms with Gasteiger partial charge in [0.15, 0.2) is 6.10 Å². The smallest absolute Gasteiger partial charge is 0.417 e. The highest BCUT2D eigenvalue weighted by atomic mass is 19.4. The molecule has 2 aliphatic rings. The normalized spacial score (nSPS) is 17.2. The minimum atomic E-state index is -4.79. The molecule has 0 amide bonds. The Morgan fingerprint density at radius 3 is 1.88 bits per heavy atom. The maximum Gasteiger partial charge on any atom is 0.417 e. The Balaban J connectivity index is 1.53. The maximum absolute atomic E-state index is 15.2. The molecule has 1 atom stereocenters. The van der Waals surface area contributed by atoms with Crippen molar-refractivity contribution in [3.8, 4) is 23.0 Å². The fourth-order valence-corrected chi connectivity index (χ4v) is 5.61. The van der Waals surface area contributed by atoms with Gasteiger partial charge in [-0.2, -0.15) is 13.2 Å². The number of carbonyl (C=O) groups is 2. The number of alkyl halides is 3. The molecule has 7 nitrogen and oxygen atoms in total. The summed E-state index contributed by atoms with van der Waals surface area (Å²) in [6.07, 6.45) is -2.37. The first kappa shape index (κ1) is 36.0. The molecule has 3 aromatic carbocycles. The molecule has 3 aromatic rings. The lowest BCUT2D eigenvalue weighted by atomic mass is 9.85. The van der Waals surface area contributed by atoms with Gasteiger partial charge in [-0.15, -0.1) is 0 Å². The van der Waals surface area contributed by atoms with Gasteiger partial charge in [0.2, 0.25) is 0 Å². The number of likely N-dealkylation sites (tertiary alicyclic amines) is 1. The van der Waals surface area contributed by atoms with E-state index < -0.39 is 40.6 Å². The molecular weight excluding hydrogens is 635 g/mol. The van der Waals surface area contributed by atoms with Gasteiger partial charge in [0.1, 0.15) is 29.6 Å². The number of carbonyl (C=O) groups excluding carboxylic acids is 2. The highest BCUT2D eigenvalue weighted by Gasteiger charge is 2.45. The molecular formula is C39H44F3NO6. The molecule has 262 valence electrons. The van der Waals surface area contributed by atoms with Gasteiger partial charge in [0, 0.05) is 23.7 Å². The predicted octanol–water partition coefficient (Wildman–Crippen LogP) is 9.06. The van der Waals surface area contributed by atoms with Crippen molar-refractivity contribution in [1.29, 1.82) is 0 Å². The number of halogens is 3. The van der Waals surface area contributed by atoms with Crippen LogP contribution in [0.2, 0.25) is 0 Å². The zero-order valence-electron chi connectivity index (χ0n) is 28.9. The van der Waals surface area contributed by atoms with Crippen LogP contribution in [0.15, 0.2) is 66.7 Å². The molecule has 5 rings (SSSR count). The van der Waals surface area contributed by atoms with Gasteiger partial charge < -0.3 is 18.9 Å². The number of nitrogens with zero attached hydrogens (tertiary/aromatic N) is 1. The van der Waals surface area contributed by atoms with Crippen LogP contribution in [0.1, 0.15) is 83.6 Å². The van der Waals surface area contributed by atoms with Gasteiger partial charge in [0.05, 0.1) is 16.4 Å². The van der Waals surface area contributed by atoms with E-state index in [-0.39, 0.29) is 33.9 Å². The van der Waals surface area contributed by atoms with Crippen molar-refractivity contribution >= 4 is 23.1 Å². The molecule has 0 bridgehead atoms. The number of rotatable bonds is 8. The highest BCUT2D eigenvalue weighted by molar-refractivity contribution is 5.98. The van der Waals surface area contributed by atoms with Crippen molar-refractivity contribution < 1.29 is 41.7 Å². The van der Waals surface area contributed by atoms with E-state index in [9.17, 15) is 9.59 Å². The van der Waals surface area contributed by atoms with Gasteiger partial charge in [-0.1, -0.05) is 30.7 Å². The van der Waals surface area contributed by atoms with Crippen LogP contribution < -0.4 is 18.9 Å². The summed E-state index contributed by atoms with van der Waals surface area (Å²) in [4.78, 5) is 27.4. The third-order valence-corrected chi connectivity index (χ3v) is 8.40. The number of fused-ring (bicyclic) bond motifs is 1. The second-order valence-corrected chi connectivity index (χ2v) is 14.6. The average molecular weight is 680 g/mol. The topological polar surface area (TPSA) is 74.3 Å². The van der Waals surface area contributed by atoms with E-state index in [1.54, 1.807) is 65.8 Å². The van der Waals surface area contributed by atoms with Gasteiger partial charge in [-0.25, -0.2) is 0 Å². The van der Waals surface area contributed by atoms with Crippen LogP contribution in [-0.2, 0) is 9.59 Å². The molecule has 0 radical (unpaired) electrons. The third kappa shape index (κ3) is 8.84. The average Bonchev–Trinajstić information content (AvgIpc) is 3.03. The van der Waals surface area contributed by atoms with Crippen molar-refractivity contribution in [2.24, 2.45) is 10.8 Å². The second-order valence-electron chi connectivity index (χ2n) is 14.6. The van der Waals surface area contributed by atoms with E-state index >= 15 is 13.2 Å². The lowest BCUT2D eigenvalue weighted by molar-refractivity contribution is -0.143. The van der Waals surface area contributed by atoms with Crippen LogP contribution in [0.25, 0.3) is 11.1 Å². The lowest BCUT2D eigenvalue weighted by Crippen LogP contribution is -2.33. The number of hydrogen-bond acceptors (Lipinski definition) is 7. The number of piperidine rings is 1. The zero-order chi connectivity index (χ0) is 35.6. The lowest BCUT2D eigenvalue weighted by Gasteiger charge is -2.33. The number of hydrogen-bond donors (Lipinski definition) is 0. The Morgan fingerprint density at radius 2 is 1.31 bits per heavy atom. The first-order chi connectivity index (χ1) is 23.0. The summed E-state index contributed by atoms with van der Waals surface area (Å²) >= 11 is 0. The van der Waals surface area contributed by atoms with Gasteiger partial charge in [-0.3, -0.25) is 14.5 Å². The van der Waals surface area contributed by atoms with Crippen LogP contribution >= 0.6 is 0 Å². The molecule has 49 heavy (non-hydrogen) atoms. The Bertz CT molecular complexity index is 1680. The van der Waals surface area contributed by atoms with E-state index in [0.29, 0.717) is 17.9 Å². The molecule has 0 saturated carbocycles. The highest BCUT2D eigenvalue weighted by Crippen LogP contribution is 2.53. The SMILES string of the molecule is CC(C)(C)C(=O)Oc1ccc(C2=C(C(F)(F)F)c3ccc(OC(=O)C(C)(C)C)cc3OC2c2ccc(OCCN3CCCCC3)cc2)cc1. The summed E-state index contributed by atoms with van der Waals surface area (Å²) in [5.41, 5.74) is -2.06. The molecule has 0 spiro atoms. The largest absolute Gasteiger partial charge is 0.492 e. The summed E-state index contributed by atoms with van der Waals surface area (Å²) in [5, 5.41) is 0. The molecule has 0 aliphatic carbocycles. The van der Waals surface area contributed by atoms with Crippen molar-refractivity contribution in [3.05, 3.63) is 83.4 Å². The van der Waals surface area contributed by atoms with Crippen molar-refractivity contribution in [1.82, 2.24) is 4.90 Å². The first-order valence-corrected chi connectivity index (χ1v) is 16.6. The zero-order valence-corrected chi connectivity index (χ0v) is 28.9. The van der Waals surface area contributed by atoms with Crippen LogP contribution in [0.4, 0.5) is 13.2 Å². The quantitative estimate of drug-likeness (QED) is 0.174. The van der Waals surface area contributed by atoms with E-state index in [2.05, 4.69) is 4.90 Å². The van der Waals surface area contributed by atoms with Crippen molar-refractivity contribution in [2.75, 3.05) is 26.2 Å². The number of esters is 2. The second kappa shape index (κ2) is 14.3.